The third kappa shape index (κ3) is 3.10. The van der Waals surface area contributed by atoms with E-state index in [4.69, 9.17) is 0 Å². The van der Waals surface area contributed by atoms with E-state index in [0.717, 1.165) is 15.8 Å². The highest BCUT2D eigenvalue weighted by Gasteiger charge is 2.22. The number of nitrogens with one attached hydrogen (secondary N) is 1. The first kappa shape index (κ1) is 17.4. The molecule has 4 aromatic rings. The molecule has 136 valence electrons. The van der Waals surface area contributed by atoms with E-state index >= 15 is 0 Å². The second-order valence-corrected chi connectivity index (χ2v) is 7.37. The van der Waals surface area contributed by atoms with Gasteiger partial charge < -0.3 is 5.32 Å². The number of hydrogen-bond donors (Lipinski definition) is 1. The molecule has 0 aliphatic carbocycles. The Labute approximate surface area is 159 Å². The lowest BCUT2D eigenvalue weighted by Crippen LogP contribution is -2.33. The Kier molecular flexibility index (Phi) is 4.45. The van der Waals surface area contributed by atoms with E-state index in [2.05, 4.69) is 15.3 Å². The molecule has 0 bridgehead atoms. The zero-order chi connectivity index (χ0) is 19.0. The van der Waals surface area contributed by atoms with Gasteiger partial charge in [-0.2, -0.15) is 0 Å². The van der Waals surface area contributed by atoms with Crippen LogP contribution in [0.4, 0.5) is 5.69 Å². The van der Waals surface area contributed by atoms with E-state index in [1.54, 1.807) is 6.20 Å². The Balaban J connectivity index is 1.73. The zero-order valence-corrected chi connectivity index (χ0v) is 15.8. The standard InChI is InChI=1S/C20H18N4O2S/c1-3-15(18(25)23-13-8-6-12(2)7-9-13)24-11-22-16-14-5-4-10-21-19(14)27-17(16)20(24)26/h4-11,15H,3H2,1-2H3,(H,23,25)/t15-/m0/s1. The first-order chi connectivity index (χ1) is 13.1. The Morgan fingerprint density at radius 2 is 2.00 bits per heavy atom. The summed E-state index contributed by atoms with van der Waals surface area (Å²) in [5, 5.41) is 3.75. The molecule has 27 heavy (non-hydrogen) atoms. The molecule has 0 radical (unpaired) electrons. The van der Waals surface area contributed by atoms with Crippen LogP contribution in [0.25, 0.3) is 20.4 Å². The summed E-state index contributed by atoms with van der Waals surface area (Å²) in [7, 11) is 0. The number of benzene rings is 1. The number of thiophene rings is 1. The average Bonchev–Trinajstić information content (AvgIpc) is 3.06. The average molecular weight is 378 g/mol. The van der Waals surface area contributed by atoms with E-state index < -0.39 is 6.04 Å². The molecule has 0 saturated heterocycles. The monoisotopic (exact) mass is 378 g/mol. The van der Waals surface area contributed by atoms with Gasteiger partial charge in [-0.15, -0.1) is 11.3 Å². The summed E-state index contributed by atoms with van der Waals surface area (Å²) in [6.45, 7) is 3.86. The Hall–Kier alpha value is -3.06. The van der Waals surface area contributed by atoms with Crippen molar-refractivity contribution in [2.45, 2.75) is 26.3 Å². The maximum absolute atomic E-state index is 13.0. The van der Waals surface area contributed by atoms with Crippen LogP contribution in [0.2, 0.25) is 0 Å². The van der Waals surface area contributed by atoms with Gasteiger partial charge in [-0.3, -0.25) is 14.2 Å². The van der Waals surface area contributed by atoms with Gasteiger partial charge in [0, 0.05) is 17.3 Å². The summed E-state index contributed by atoms with van der Waals surface area (Å²) >= 11 is 1.31. The molecule has 6 nitrogen and oxygen atoms in total. The third-order valence-electron chi connectivity index (χ3n) is 4.52. The van der Waals surface area contributed by atoms with E-state index in [1.807, 2.05) is 50.2 Å². The molecule has 1 atom stereocenters. The van der Waals surface area contributed by atoms with E-state index in [0.29, 0.717) is 22.3 Å². The van der Waals surface area contributed by atoms with Crippen LogP contribution in [-0.2, 0) is 4.79 Å². The third-order valence-corrected chi connectivity index (χ3v) is 5.62. The topological polar surface area (TPSA) is 76.9 Å². The summed E-state index contributed by atoms with van der Waals surface area (Å²) in [4.78, 5) is 35.3. The minimum absolute atomic E-state index is 0.214. The summed E-state index contributed by atoms with van der Waals surface area (Å²) < 4.78 is 1.94. The van der Waals surface area contributed by atoms with Crippen LogP contribution in [0.15, 0.2) is 53.7 Å². The maximum Gasteiger partial charge on any atom is 0.272 e. The van der Waals surface area contributed by atoms with Crippen molar-refractivity contribution in [2.75, 3.05) is 5.32 Å². The lowest BCUT2D eigenvalue weighted by molar-refractivity contribution is -0.119. The second kappa shape index (κ2) is 6.92. The number of rotatable bonds is 4. The van der Waals surface area contributed by atoms with Crippen LogP contribution in [0.5, 0.6) is 0 Å². The minimum atomic E-state index is -0.631. The number of aromatic nitrogens is 3. The number of anilines is 1. The quantitative estimate of drug-likeness (QED) is 0.584. The van der Waals surface area contributed by atoms with Crippen molar-refractivity contribution in [1.82, 2.24) is 14.5 Å². The molecule has 1 aromatic carbocycles. The van der Waals surface area contributed by atoms with Gasteiger partial charge in [0.1, 0.15) is 15.6 Å². The summed E-state index contributed by atoms with van der Waals surface area (Å²) in [6, 6.07) is 10.7. The normalized spacial score (nSPS) is 12.4. The molecule has 1 N–H and O–H groups in total. The fraction of sp³-hybridized carbons (Fsp3) is 0.200. The minimum Gasteiger partial charge on any atom is -0.324 e. The number of fused-ring (bicyclic) bond motifs is 3. The maximum atomic E-state index is 13.0. The van der Waals surface area contributed by atoms with Gasteiger partial charge in [-0.25, -0.2) is 9.97 Å². The number of amides is 1. The molecule has 4 rings (SSSR count). The first-order valence-corrected chi connectivity index (χ1v) is 9.52. The van der Waals surface area contributed by atoms with Gasteiger partial charge >= 0.3 is 0 Å². The van der Waals surface area contributed by atoms with Gasteiger partial charge in [0.2, 0.25) is 5.91 Å². The Morgan fingerprint density at radius 1 is 1.22 bits per heavy atom. The summed E-state index contributed by atoms with van der Waals surface area (Å²) in [5.74, 6) is -0.233. The molecule has 0 aliphatic heterocycles. The lowest BCUT2D eigenvalue weighted by Gasteiger charge is -2.17. The Bertz CT molecular complexity index is 1190. The van der Waals surface area contributed by atoms with Crippen molar-refractivity contribution >= 4 is 43.4 Å². The first-order valence-electron chi connectivity index (χ1n) is 8.70. The van der Waals surface area contributed by atoms with Crippen LogP contribution in [-0.4, -0.2) is 20.4 Å². The summed E-state index contributed by atoms with van der Waals surface area (Å²) in [6.07, 6.45) is 3.64. The van der Waals surface area contributed by atoms with Crippen LogP contribution in [0, 0.1) is 6.92 Å². The van der Waals surface area contributed by atoms with E-state index in [-0.39, 0.29) is 11.5 Å². The largest absolute Gasteiger partial charge is 0.324 e. The molecule has 0 spiro atoms. The summed E-state index contributed by atoms with van der Waals surface area (Å²) in [5.41, 5.74) is 2.24. The van der Waals surface area contributed by atoms with Crippen LogP contribution >= 0.6 is 11.3 Å². The highest BCUT2D eigenvalue weighted by atomic mass is 32.1. The van der Waals surface area contributed by atoms with Gasteiger partial charge in [0.25, 0.3) is 5.56 Å². The van der Waals surface area contributed by atoms with Crippen LogP contribution in [0.3, 0.4) is 0 Å². The highest BCUT2D eigenvalue weighted by Crippen LogP contribution is 2.28. The number of pyridine rings is 1. The predicted octanol–water partition coefficient (Wildman–Crippen LogP) is 3.90. The molecule has 1 amide bonds. The van der Waals surface area contributed by atoms with Crippen molar-refractivity contribution in [3.63, 3.8) is 0 Å². The van der Waals surface area contributed by atoms with Gasteiger partial charge in [-0.1, -0.05) is 24.6 Å². The molecule has 0 saturated carbocycles. The number of carbonyl (C=O) groups excluding carboxylic acids is 1. The second-order valence-electron chi connectivity index (χ2n) is 6.37. The molecule has 0 unspecified atom stereocenters. The van der Waals surface area contributed by atoms with Gasteiger partial charge in [0.15, 0.2) is 0 Å². The smallest absolute Gasteiger partial charge is 0.272 e. The molecule has 3 heterocycles. The van der Waals surface area contributed by atoms with Crippen molar-refractivity contribution in [1.29, 1.82) is 0 Å². The highest BCUT2D eigenvalue weighted by molar-refractivity contribution is 7.25. The molecule has 3 aromatic heterocycles. The van der Waals surface area contributed by atoms with Crippen molar-refractivity contribution in [3.05, 3.63) is 64.8 Å². The van der Waals surface area contributed by atoms with E-state index in [9.17, 15) is 9.59 Å². The predicted molar refractivity (Wildman–Crippen MR) is 108 cm³/mol. The van der Waals surface area contributed by atoms with Gasteiger partial charge in [0.05, 0.1) is 11.8 Å². The fourth-order valence-electron chi connectivity index (χ4n) is 3.08. The fourth-order valence-corrected chi connectivity index (χ4v) is 4.11. The van der Waals surface area contributed by atoms with Gasteiger partial charge in [-0.05, 0) is 37.6 Å². The van der Waals surface area contributed by atoms with Crippen molar-refractivity contribution in [3.8, 4) is 0 Å². The SMILES string of the molecule is CC[C@@H](C(=O)Nc1ccc(C)cc1)n1cnc2c(sc3ncccc32)c1=O. The lowest BCUT2D eigenvalue weighted by atomic mass is 10.2. The van der Waals surface area contributed by atoms with E-state index in [1.165, 1.54) is 22.2 Å². The molecular weight excluding hydrogens is 360 g/mol. The van der Waals surface area contributed by atoms with Crippen molar-refractivity contribution in [2.24, 2.45) is 0 Å². The van der Waals surface area contributed by atoms with Crippen molar-refractivity contribution < 1.29 is 4.79 Å². The molecular formula is C20H18N4O2S. The molecule has 7 heteroatoms. The number of hydrogen-bond acceptors (Lipinski definition) is 5. The number of nitrogens with zero attached hydrogens (tertiary/aromatic N) is 3. The van der Waals surface area contributed by atoms with Crippen LogP contribution < -0.4 is 10.9 Å². The number of carbonyl (C=O) groups is 1. The Morgan fingerprint density at radius 3 is 2.74 bits per heavy atom. The zero-order valence-electron chi connectivity index (χ0n) is 15.0. The van der Waals surface area contributed by atoms with Crippen LogP contribution in [0.1, 0.15) is 24.9 Å². The molecule has 0 aliphatic rings. The molecule has 0 fully saturated rings. The number of aryl methyl sites for hydroxylation is 1.